The molecular formula is C17H24F2O. The fraction of sp³-hybridized carbons (Fsp3) is 0.647. The fourth-order valence-electron chi connectivity index (χ4n) is 3.61. The van der Waals surface area contributed by atoms with Crippen LogP contribution in [0.2, 0.25) is 0 Å². The first-order valence-corrected chi connectivity index (χ1v) is 7.35. The van der Waals surface area contributed by atoms with Crippen LogP contribution >= 0.6 is 0 Å². The minimum Gasteiger partial charge on any atom is -0.385 e. The molecule has 0 amide bonds. The Bertz CT molecular complexity index is 504. The molecule has 0 bridgehead atoms. The summed E-state index contributed by atoms with van der Waals surface area (Å²) in [4.78, 5) is 0. The van der Waals surface area contributed by atoms with Crippen LogP contribution in [0.4, 0.5) is 8.78 Å². The fourth-order valence-corrected chi connectivity index (χ4v) is 3.61. The smallest absolute Gasteiger partial charge is 0.165 e. The van der Waals surface area contributed by atoms with Crippen molar-refractivity contribution in [1.29, 1.82) is 0 Å². The van der Waals surface area contributed by atoms with Gasteiger partial charge in [-0.2, -0.15) is 0 Å². The van der Waals surface area contributed by atoms with E-state index in [1.165, 1.54) is 6.92 Å². The van der Waals surface area contributed by atoms with Crippen molar-refractivity contribution in [2.45, 2.75) is 59.0 Å². The Hall–Kier alpha value is -0.960. The van der Waals surface area contributed by atoms with E-state index >= 15 is 0 Å². The first-order valence-electron chi connectivity index (χ1n) is 7.35. The van der Waals surface area contributed by atoms with Gasteiger partial charge in [-0.25, -0.2) is 8.78 Å². The molecule has 1 aliphatic rings. The molecule has 0 aliphatic heterocycles. The zero-order chi connectivity index (χ0) is 15.1. The quantitative estimate of drug-likeness (QED) is 0.791. The molecule has 1 nitrogen and oxygen atoms in total. The van der Waals surface area contributed by atoms with Crippen molar-refractivity contribution in [1.82, 2.24) is 0 Å². The summed E-state index contributed by atoms with van der Waals surface area (Å²) in [5.74, 6) is -1.79. The van der Waals surface area contributed by atoms with E-state index in [1.54, 1.807) is 12.1 Å². The van der Waals surface area contributed by atoms with Crippen molar-refractivity contribution in [3.8, 4) is 0 Å². The number of aryl methyl sites for hydroxylation is 1. The molecule has 20 heavy (non-hydrogen) atoms. The number of halogens is 2. The lowest BCUT2D eigenvalue weighted by molar-refractivity contribution is -0.0983. The Labute approximate surface area is 120 Å². The Kier molecular flexibility index (Phi) is 3.94. The molecule has 3 heteroatoms. The van der Waals surface area contributed by atoms with Crippen molar-refractivity contribution in [2.75, 3.05) is 0 Å². The van der Waals surface area contributed by atoms with Gasteiger partial charge in [-0.3, -0.25) is 0 Å². The Morgan fingerprint density at radius 3 is 2.40 bits per heavy atom. The van der Waals surface area contributed by atoms with E-state index in [0.29, 0.717) is 6.42 Å². The van der Waals surface area contributed by atoms with E-state index in [-0.39, 0.29) is 22.5 Å². The number of hydrogen-bond donors (Lipinski definition) is 1. The zero-order valence-corrected chi connectivity index (χ0v) is 12.8. The number of hydrogen-bond acceptors (Lipinski definition) is 1. The van der Waals surface area contributed by atoms with Gasteiger partial charge in [0.25, 0.3) is 0 Å². The van der Waals surface area contributed by atoms with Gasteiger partial charge in [0, 0.05) is 5.56 Å². The highest BCUT2D eigenvalue weighted by atomic mass is 19.2. The highest BCUT2D eigenvalue weighted by Gasteiger charge is 2.47. The van der Waals surface area contributed by atoms with Crippen LogP contribution in [0.15, 0.2) is 12.1 Å². The second-order valence-corrected chi connectivity index (χ2v) is 7.15. The monoisotopic (exact) mass is 282 g/mol. The zero-order valence-electron chi connectivity index (χ0n) is 12.8. The summed E-state index contributed by atoms with van der Waals surface area (Å²) in [5, 5.41) is 11.1. The van der Waals surface area contributed by atoms with Crippen LogP contribution < -0.4 is 0 Å². The van der Waals surface area contributed by atoms with Crippen LogP contribution in [-0.2, 0) is 5.60 Å². The molecule has 0 spiro atoms. The maximum absolute atomic E-state index is 14.3. The van der Waals surface area contributed by atoms with Gasteiger partial charge in [-0.15, -0.1) is 0 Å². The first kappa shape index (κ1) is 15.4. The topological polar surface area (TPSA) is 20.2 Å². The van der Waals surface area contributed by atoms with E-state index in [4.69, 9.17) is 0 Å². The normalized spacial score (nSPS) is 27.6. The lowest BCUT2D eigenvalue weighted by Crippen LogP contribution is -2.45. The summed E-state index contributed by atoms with van der Waals surface area (Å²) in [6, 6.07) is 3.11. The predicted molar refractivity (Wildman–Crippen MR) is 76.4 cm³/mol. The highest BCUT2D eigenvalue weighted by Crippen LogP contribution is 2.50. The Morgan fingerprint density at radius 1 is 1.15 bits per heavy atom. The number of rotatable bonds is 1. The Morgan fingerprint density at radius 2 is 1.80 bits per heavy atom. The lowest BCUT2D eigenvalue weighted by Gasteiger charge is -2.47. The lowest BCUT2D eigenvalue weighted by atomic mass is 9.61. The van der Waals surface area contributed by atoms with Crippen LogP contribution in [0.3, 0.4) is 0 Å². The molecule has 1 saturated carbocycles. The highest BCUT2D eigenvalue weighted by molar-refractivity contribution is 5.31. The largest absolute Gasteiger partial charge is 0.385 e. The molecule has 0 aromatic heterocycles. The second kappa shape index (κ2) is 5.10. The maximum atomic E-state index is 14.3. The Balaban J connectivity index is 2.55. The number of benzene rings is 1. The summed E-state index contributed by atoms with van der Waals surface area (Å²) in [6.45, 7) is 7.69. The molecule has 2 atom stereocenters. The molecule has 1 aliphatic carbocycles. The third kappa shape index (κ3) is 2.48. The van der Waals surface area contributed by atoms with E-state index in [2.05, 4.69) is 20.8 Å². The van der Waals surface area contributed by atoms with Crippen LogP contribution in [-0.4, -0.2) is 5.11 Å². The van der Waals surface area contributed by atoms with Crippen molar-refractivity contribution < 1.29 is 13.9 Å². The molecule has 0 heterocycles. The molecule has 1 aromatic carbocycles. The third-order valence-electron chi connectivity index (χ3n) is 4.66. The SMILES string of the molecule is Cc1ccc(C2(O)CCCCC2C(C)(C)C)c(F)c1F. The summed E-state index contributed by atoms with van der Waals surface area (Å²) >= 11 is 0. The van der Waals surface area contributed by atoms with Gasteiger partial charge >= 0.3 is 0 Å². The molecule has 0 radical (unpaired) electrons. The molecule has 1 fully saturated rings. The van der Waals surface area contributed by atoms with E-state index in [1.807, 2.05) is 0 Å². The van der Waals surface area contributed by atoms with Gasteiger partial charge < -0.3 is 5.11 Å². The van der Waals surface area contributed by atoms with Crippen LogP contribution in [0.5, 0.6) is 0 Å². The van der Waals surface area contributed by atoms with Crippen molar-refractivity contribution >= 4 is 0 Å². The molecular weight excluding hydrogens is 258 g/mol. The van der Waals surface area contributed by atoms with Crippen molar-refractivity contribution in [3.05, 3.63) is 34.9 Å². The minimum atomic E-state index is -1.27. The molecule has 112 valence electrons. The predicted octanol–water partition coefficient (Wildman–Crippen LogP) is 4.70. The van der Waals surface area contributed by atoms with Gasteiger partial charge in [0.2, 0.25) is 0 Å². The second-order valence-electron chi connectivity index (χ2n) is 7.15. The molecule has 0 saturated heterocycles. The van der Waals surface area contributed by atoms with Gasteiger partial charge in [0.1, 0.15) is 0 Å². The standard InChI is InChI=1S/C17H24F2O/c1-11-8-9-12(15(19)14(11)18)17(20)10-6-5-7-13(17)16(2,3)4/h8-9,13,20H,5-7,10H2,1-4H3. The van der Waals surface area contributed by atoms with Crippen LogP contribution in [0.25, 0.3) is 0 Å². The van der Waals surface area contributed by atoms with E-state index in [9.17, 15) is 13.9 Å². The average Bonchev–Trinajstić information content (AvgIpc) is 2.35. The molecule has 2 unspecified atom stereocenters. The van der Waals surface area contributed by atoms with E-state index in [0.717, 1.165) is 19.3 Å². The van der Waals surface area contributed by atoms with Crippen LogP contribution in [0.1, 0.15) is 57.6 Å². The summed E-state index contributed by atoms with van der Waals surface area (Å²) in [7, 11) is 0. The van der Waals surface area contributed by atoms with Gasteiger partial charge in [0.15, 0.2) is 11.6 Å². The first-order chi connectivity index (χ1) is 9.18. The van der Waals surface area contributed by atoms with E-state index < -0.39 is 17.2 Å². The minimum absolute atomic E-state index is 0.0691. The third-order valence-corrected chi connectivity index (χ3v) is 4.66. The van der Waals surface area contributed by atoms with Crippen molar-refractivity contribution in [2.24, 2.45) is 11.3 Å². The summed E-state index contributed by atoms with van der Waals surface area (Å²) < 4.78 is 28.2. The van der Waals surface area contributed by atoms with Gasteiger partial charge in [0.05, 0.1) is 5.60 Å². The average molecular weight is 282 g/mol. The molecule has 2 rings (SSSR count). The van der Waals surface area contributed by atoms with Crippen molar-refractivity contribution in [3.63, 3.8) is 0 Å². The molecule has 1 aromatic rings. The molecule has 1 N–H and O–H groups in total. The summed E-state index contributed by atoms with van der Waals surface area (Å²) in [5.41, 5.74) is -1.02. The maximum Gasteiger partial charge on any atom is 0.165 e. The van der Waals surface area contributed by atoms with Gasteiger partial charge in [-0.05, 0) is 36.7 Å². The van der Waals surface area contributed by atoms with Gasteiger partial charge in [-0.1, -0.05) is 45.7 Å². The van der Waals surface area contributed by atoms with Crippen LogP contribution in [0, 0.1) is 29.9 Å². The summed E-state index contributed by atoms with van der Waals surface area (Å²) in [6.07, 6.45) is 3.21. The number of aliphatic hydroxyl groups is 1.